The van der Waals surface area contributed by atoms with Gasteiger partial charge in [-0.1, -0.05) is 24.3 Å². The zero-order chi connectivity index (χ0) is 13.9. The Morgan fingerprint density at radius 1 is 1.15 bits per heavy atom. The molecule has 0 radical (unpaired) electrons. The van der Waals surface area contributed by atoms with Crippen molar-refractivity contribution in [2.24, 2.45) is 0 Å². The molecule has 0 spiro atoms. The molecule has 0 saturated carbocycles. The molecule has 3 rings (SSSR count). The van der Waals surface area contributed by atoms with Crippen LogP contribution in [0.4, 0.5) is 0 Å². The minimum atomic E-state index is -1.01. The highest BCUT2D eigenvalue weighted by Gasteiger charge is 2.11. The maximum Gasteiger partial charge on any atom is 0.341 e. The lowest BCUT2D eigenvalue weighted by atomic mass is 10.2. The van der Waals surface area contributed by atoms with E-state index in [1.807, 2.05) is 36.4 Å². The number of benzene rings is 2. The molecule has 100 valence electrons. The van der Waals surface area contributed by atoms with Crippen molar-refractivity contribution in [1.82, 2.24) is 9.97 Å². The fourth-order valence-corrected chi connectivity index (χ4v) is 2.01. The summed E-state index contributed by atoms with van der Waals surface area (Å²) in [6, 6.07) is 14.9. The van der Waals surface area contributed by atoms with Gasteiger partial charge in [0.1, 0.15) is 11.6 Å². The van der Waals surface area contributed by atoms with Gasteiger partial charge in [-0.3, -0.25) is 0 Å². The number of carboxylic acid groups (broad SMARTS) is 1. The fraction of sp³-hybridized carbons (Fsp3) is 0.0667. The molecule has 0 aliphatic carbocycles. The largest absolute Gasteiger partial charge is 0.481 e. The zero-order valence-corrected chi connectivity index (χ0v) is 10.5. The Morgan fingerprint density at radius 2 is 1.90 bits per heavy atom. The van der Waals surface area contributed by atoms with Crippen molar-refractivity contribution in [3.8, 4) is 17.1 Å². The molecule has 0 fully saturated rings. The molecule has 0 aliphatic heterocycles. The zero-order valence-electron chi connectivity index (χ0n) is 10.5. The average molecular weight is 268 g/mol. The van der Waals surface area contributed by atoms with Gasteiger partial charge in [-0.25, -0.2) is 9.78 Å². The summed E-state index contributed by atoms with van der Waals surface area (Å²) in [7, 11) is 0. The number of carbonyl (C=O) groups is 1. The van der Waals surface area contributed by atoms with Crippen LogP contribution in [-0.4, -0.2) is 27.7 Å². The molecule has 0 aliphatic rings. The monoisotopic (exact) mass is 268 g/mol. The molecule has 0 amide bonds. The van der Waals surface area contributed by atoms with E-state index in [2.05, 4.69) is 9.97 Å². The van der Waals surface area contributed by atoms with E-state index in [0.29, 0.717) is 11.6 Å². The number of fused-ring (bicyclic) bond motifs is 1. The topological polar surface area (TPSA) is 75.2 Å². The lowest BCUT2D eigenvalue weighted by molar-refractivity contribution is -0.139. The van der Waals surface area contributed by atoms with Crippen LogP contribution in [0.3, 0.4) is 0 Å². The predicted octanol–water partition coefficient (Wildman–Crippen LogP) is 2.69. The van der Waals surface area contributed by atoms with Crippen LogP contribution in [-0.2, 0) is 4.79 Å². The molecular formula is C15H12N2O3. The van der Waals surface area contributed by atoms with Crippen molar-refractivity contribution in [2.75, 3.05) is 6.61 Å². The minimum Gasteiger partial charge on any atom is -0.481 e. The van der Waals surface area contributed by atoms with Gasteiger partial charge in [0.15, 0.2) is 6.61 Å². The molecular weight excluding hydrogens is 256 g/mol. The number of nitrogens with one attached hydrogen (secondary N) is 1. The van der Waals surface area contributed by atoms with Crippen molar-refractivity contribution >= 4 is 17.0 Å². The van der Waals surface area contributed by atoms with Crippen molar-refractivity contribution in [2.45, 2.75) is 0 Å². The number of imidazole rings is 1. The van der Waals surface area contributed by atoms with Crippen LogP contribution >= 0.6 is 0 Å². The Balaban J connectivity index is 2.02. The summed E-state index contributed by atoms with van der Waals surface area (Å²) < 4.78 is 5.29. The SMILES string of the molecule is O=C(O)COc1ccccc1-c1nc2ccccc2[nH]1. The van der Waals surface area contributed by atoms with E-state index < -0.39 is 5.97 Å². The number of carboxylic acids is 1. The molecule has 5 heteroatoms. The maximum absolute atomic E-state index is 10.6. The van der Waals surface area contributed by atoms with Gasteiger partial charge >= 0.3 is 5.97 Å². The van der Waals surface area contributed by atoms with Gasteiger partial charge in [-0.05, 0) is 24.3 Å². The third-order valence-corrected chi connectivity index (χ3v) is 2.88. The number of H-pyrrole nitrogens is 1. The van der Waals surface area contributed by atoms with Crippen LogP contribution in [0.5, 0.6) is 5.75 Å². The van der Waals surface area contributed by atoms with Crippen LogP contribution < -0.4 is 4.74 Å². The van der Waals surface area contributed by atoms with E-state index in [-0.39, 0.29) is 6.61 Å². The summed E-state index contributed by atoms with van der Waals surface area (Å²) >= 11 is 0. The smallest absolute Gasteiger partial charge is 0.341 e. The minimum absolute atomic E-state index is 0.378. The number of hydrogen-bond donors (Lipinski definition) is 2. The van der Waals surface area contributed by atoms with Crippen molar-refractivity contribution in [1.29, 1.82) is 0 Å². The number of aromatic amines is 1. The molecule has 2 aromatic carbocycles. The second kappa shape index (κ2) is 5.05. The fourth-order valence-electron chi connectivity index (χ4n) is 2.01. The number of aromatic nitrogens is 2. The van der Waals surface area contributed by atoms with E-state index in [9.17, 15) is 4.79 Å². The lowest BCUT2D eigenvalue weighted by Gasteiger charge is -2.07. The molecule has 1 aromatic heterocycles. The molecule has 0 saturated heterocycles. The Bertz CT molecular complexity index is 731. The molecule has 0 unspecified atom stereocenters. The summed E-state index contributed by atoms with van der Waals surface area (Å²) in [5.41, 5.74) is 2.52. The third kappa shape index (κ3) is 2.33. The van der Waals surface area contributed by atoms with E-state index in [4.69, 9.17) is 9.84 Å². The van der Waals surface area contributed by atoms with Gasteiger partial charge in [0.25, 0.3) is 0 Å². The van der Waals surface area contributed by atoms with E-state index in [1.54, 1.807) is 12.1 Å². The van der Waals surface area contributed by atoms with E-state index in [0.717, 1.165) is 16.6 Å². The number of aliphatic carboxylic acids is 1. The quantitative estimate of drug-likeness (QED) is 0.762. The number of para-hydroxylation sites is 3. The van der Waals surface area contributed by atoms with Crippen LogP contribution in [0, 0.1) is 0 Å². The van der Waals surface area contributed by atoms with E-state index >= 15 is 0 Å². The standard InChI is InChI=1S/C15H12N2O3/c18-14(19)9-20-13-8-4-1-5-10(13)15-16-11-6-2-3-7-12(11)17-15/h1-8H,9H2,(H,16,17)(H,18,19). The Labute approximate surface area is 114 Å². The van der Waals surface area contributed by atoms with Crippen LogP contribution in [0.2, 0.25) is 0 Å². The number of nitrogens with zero attached hydrogens (tertiary/aromatic N) is 1. The predicted molar refractivity (Wildman–Crippen MR) is 74.7 cm³/mol. The van der Waals surface area contributed by atoms with Gasteiger partial charge < -0.3 is 14.8 Å². The maximum atomic E-state index is 10.6. The van der Waals surface area contributed by atoms with Crippen LogP contribution in [0.15, 0.2) is 48.5 Å². The highest BCUT2D eigenvalue weighted by molar-refractivity contribution is 5.80. The van der Waals surface area contributed by atoms with Crippen molar-refractivity contribution in [3.05, 3.63) is 48.5 Å². The summed E-state index contributed by atoms with van der Waals surface area (Å²) in [6.07, 6.45) is 0. The Kier molecular flexibility index (Phi) is 3.09. The summed E-state index contributed by atoms with van der Waals surface area (Å²) in [5.74, 6) is 0.144. The first-order chi connectivity index (χ1) is 9.74. The summed E-state index contributed by atoms with van der Waals surface area (Å²) in [4.78, 5) is 18.3. The van der Waals surface area contributed by atoms with Gasteiger partial charge in [-0.2, -0.15) is 0 Å². The highest BCUT2D eigenvalue weighted by Crippen LogP contribution is 2.29. The Hall–Kier alpha value is -2.82. The summed E-state index contributed by atoms with van der Waals surface area (Å²) in [5, 5.41) is 8.70. The first-order valence-corrected chi connectivity index (χ1v) is 6.13. The molecule has 1 heterocycles. The average Bonchev–Trinajstić information content (AvgIpc) is 2.89. The number of rotatable bonds is 4. The number of hydrogen-bond acceptors (Lipinski definition) is 3. The second-order valence-electron chi connectivity index (χ2n) is 4.28. The first kappa shape index (κ1) is 12.2. The van der Waals surface area contributed by atoms with Crippen LogP contribution in [0.1, 0.15) is 0 Å². The first-order valence-electron chi connectivity index (χ1n) is 6.13. The van der Waals surface area contributed by atoms with Gasteiger partial charge in [0, 0.05) is 0 Å². The van der Waals surface area contributed by atoms with Gasteiger partial charge in [0.05, 0.1) is 16.6 Å². The molecule has 0 atom stereocenters. The van der Waals surface area contributed by atoms with Gasteiger partial charge in [-0.15, -0.1) is 0 Å². The molecule has 3 aromatic rings. The molecule has 0 bridgehead atoms. The van der Waals surface area contributed by atoms with Crippen LogP contribution in [0.25, 0.3) is 22.4 Å². The molecule has 2 N–H and O–H groups in total. The Morgan fingerprint density at radius 3 is 2.70 bits per heavy atom. The van der Waals surface area contributed by atoms with Gasteiger partial charge in [0.2, 0.25) is 0 Å². The normalized spacial score (nSPS) is 10.6. The lowest BCUT2D eigenvalue weighted by Crippen LogP contribution is -2.10. The second-order valence-corrected chi connectivity index (χ2v) is 4.28. The molecule has 5 nitrogen and oxygen atoms in total. The summed E-state index contributed by atoms with van der Waals surface area (Å²) in [6.45, 7) is -0.378. The van der Waals surface area contributed by atoms with Crippen molar-refractivity contribution in [3.63, 3.8) is 0 Å². The molecule has 20 heavy (non-hydrogen) atoms. The highest BCUT2D eigenvalue weighted by atomic mass is 16.5. The van der Waals surface area contributed by atoms with E-state index in [1.165, 1.54) is 0 Å². The third-order valence-electron chi connectivity index (χ3n) is 2.88. The van der Waals surface area contributed by atoms with Crippen molar-refractivity contribution < 1.29 is 14.6 Å². The number of ether oxygens (including phenoxy) is 1.